The highest BCUT2D eigenvalue weighted by molar-refractivity contribution is 8.30. The molecule has 0 saturated carbocycles. The molecule has 2 N–H and O–H groups in total. The number of hydrogen-bond donors (Lipinski definition) is 2. The van der Waals surface area contributed by atoms with Gasteiger partial charge < -0.3 is 24.0 Å². The van der Waals surface area contributed by atoms with Crippen LogP contribution >= 0.6 is 42.9 Å². The van der Waals surface area contributed by atoms with E-state index in [-0.39, 0.29) is 12.2 Å². The predicted octanol–water partition coefficient (Wildman–Crippen LogP) is 4.65. The van der Waals surface area contributed by atoms with E-state index in [1.165, 1.54) is 42.4 Å². The summed E-state index contributed by atoms with van der Waals surface area (Å²) in [5, 5.41) is 21.7. The number of aliphatic hydroxyl groups is 2. The highest BCUT2D eigenvalue weighted by atomic mass is 32.2. The average molecular weight is 483 g/mol. The monoisotopic (exact) mass is 482 g/mol. The van der Waals surface area contributed by atoms with Gasteiger partial charge in [0, 0.05) is 12.0 Å². The van der Waals surface area contributed by atoms with E-state index < -0.39 is 34.3 Å². The molecule has 6 nitrogen and oxygen atoms in total. The van der Waals surface area contributed by atoms with Crippen molar-refractivity contribution in [3.05, 3.63) is 30.3 Å². The highest BCUT2D eigenvalue weighted by Gasteiger charge is 2.65. The maximum Gasteiger partial charge on any atom is 0.359 e. The minimum atomic E-state index is -3.80. The highest BCUT2D eigenvalue weighted by Crippen LogP contribution is 2.75. The zero-order valence-corrected chi connectivity index (χ0v) is 20.9. The minimum Gasteiger partial charge on any atom is -0.388 e. The Morgan fingerprint density at radius 2 is 1.62 bits per heavy atom. The zero-order valence-electron chi connectivity index (χ0n) is 17.6. The standard InChI is InChI=1S/C19H31O6PS3/c1-12(2)24-26(22,25-13(3)4)19(27-6)17(23-5)15(20)16(21)18(29-19)28-14-10-8-7-9-11-14/h7-13,15-18,20-21H,1-6H3/t15-,16+,17+,18+,19-/m0/s1. The lowest BCUT2D eigenvalue weighted by molar-refractivity contribution is -0.0746. The largest absolute Gasteiger partial charge is 0.388 e. The first-order valence-electron chi connectivity index (χ1n) is 9.40. The van der Waals surface area contributed by atoms with E-state index in [0.29, 0.717) is 0 Å². The summed E-state index contributed by atoms with van der Waals surface area (Å²) < 4.78 is 29.9. The van der Waals surface area contributed by atoms with Crippen molar-refractivity contribution in [1.82, 2.24) is 0 Å². The molecule has 0 aromatic heterocycles. The number of benzene rings is 1. The molecule has 0 aliphatic carbocycles. The molecule has 29 heavy (non-hydrogen) atoms. The zero-order chi connectivity index (χ0) is 21.8. The molecule has 1 aliphatic heterocycles. The van der Waals surface area contributed by atoms with Gasteiger partial charge in [-0.3, -0.25) is 4.57 Å². The quantitative estimate of drug-likeness (QED) is 0.489. The van der Waals surface area contributed by atoms with Gasteiger partial charge in [-0.05, 0) is 46.1 Å². The Morgan fingerprint density at radius 3 is 2.07 bits per heavy atom. The summed E-state index contributed by atoms with van der Waals surface area (Å²) in [7, 11) is -2.36. The molecule has 5 atom stereocenters. The molecular formula is C19H31O6PS3. The Balaban J connectivity index is 2.52. The van der Waals surface area contributed by atoms with Gasteiger partial charge in [-0.15, -0.1) is 35.3 Å². The van der Waals surface area contributed by atoms with E-state index in [2.05, 4.69) is 0 Å². The van der Waals surface area contributed by atoms with Gasteiger partial charge in [0.05, 0.1) is 16.8 Å². The Kier molecular flexibility index (Phi) is 9.47. The first-order valence-corrected chi connectivity index (χ1v) is 13.9. The number of aliphatic hydroxyl groups excluding tert-OH is 2. The van der Waals surface area contributed by atoms with Gasteiger partial charge in [-0.1, -0.05) is 18.2 Å². The molecule has 0 radical (unpaired) electrons. The number of thioether (sulfide) groups is 3. The lowest BCUT2D eigenvalue weighted by Gasteiger charge is -2.50. The summed E-state index contributed by atoms with van der Waals surface area (Å²) in [5.74, 6) is 0. The predicted molar refractivity (Wildman–Crippen MR) is 123 cm³/mol. The van der Waals surface area contributed by atoms with Crippen molar-refractivity contribution in [3.8, 4) is 0 Å². The van der Waals surface area contributed by atoms with Gasteiger partial charge in [-0.25, -0.2) is 0 Å². The Hall–Kier alpha value is 0.300. The molecule has 0 bridgehead atoms. The van der Waals surface area contributed by atoms with Crippen LogP contribution in [0.4, 0.5) is 0 Å². The van der Waals surface area contributed by atoms with Crippen LogP contribution in [0.5, 0.6) is 0 Å². The number of hydrogen-bond acceptors (Lipinski definition) is 9. The Labute approximate surface area is 186 Å². The average Bonchev–Trinajstić information content (AvgIpc) is 2.64. The lowest BCUT2D eigenvalue weighted by atomic mass is 10.1. The van der Waals surface area contributed by atoms with Gasteiger partial charge in [0.25, 0.3) is 0 Å². The van der Waals surface area contributed by atoms with E-state index in [9.17, 15) is 14.8 Å². The molecule has 1 aromatic rings. The summed E-state index contributed by atoms with van der Waals surface area (Å²) in [5.41, 5.74) is 0. The van der Waals surface area contributed by atoms with Crippen LogP contribution in [0.2, 0.25) is 0 Å². The van der Waals surface area contributed by atoms with Gasteiger partial charge in [-0.2, -0.15) is 0 Å². The van der Waals surface area contributed by atoms with Crippen molar-refractivity contribution in [2.75, 3.05) is 13.4 Å². The number of methoxy groups -OCH3 is 1. The summed E-state index contributed by atoms with van der Waals surface area (Å²) in [6, 6.07) is 9.60. The third-order valence-corrected chi connectivity index (χ3v) is 13.1. The van der Waals surface area contributed by atoms with Gasteiger partial charge in [0.1, 0.15) is 18.3 Å². The van der Waals surface area contributed by atoms with Crippen LogP contribution in [-0.4, -0.2) is 62.5 Å². The fraction of sp³-hybridized carbons (Fsp3) is 0.684. The van der Waals surface area contributed by atoms with Crippen molar-refractivity contribution >= 4 is 42.9 Å². The summed E-state index contributed by atoms with van der Waals surface area (Å²) in [6.07, 6.45) is -2.20. The van der Waals surface area contributed by atoms with Crippen LogP contribution in [-0.2, 0) is 18.3 Å². The van der Waals surface area contributed by atoms with Crippen LogP contribution in [0.3, 0.4) is 0 Å². The van der Waals surface area contributed by atoms with E-state index in [0.717, 1.165) is 4.90 Å². The maximum atomic E-state index is 14.2. The van der Waals surface area contributed by atoms with E-state index in [1.807, 2.05) is 30.3 Å². The van der Waals surface area contributed by atoms with Crippen molar-refractivity contribution < 1.29 is 28.6 Å². The van der Waals surface area contributed by atoms with Crippen LogP contribution in [0, 0.1) is 0 Å². The van der Waals surface area contributed by atoms with Gasteiger partial charge >= 0.3 is 7.60 Å². The number of rotatable bonds is 9. The second-order valence-corrected chi connectivity index (χ2v) is 14.1. The molecule has 0 unspecified atom stereocenters. The van der Waals surface area contributed by atoms with Crippen molar-refractivity contribution in [2.45, 2.75) is 71.5 Å². The molecule has 1 aromatic carbocycles. The van der Waals surface area contributed by atoms with Gasteiger partial charge in [0.2, 0.25) is 0 Å². The van der Waals surface area contributed by atoms with Crippen molar-refractivity contribution in [3.63, 3.8) is 0 Å². The Morgan fingerprint density at radius 1 is 1.07 bits per heavy atom. The van der Waals surface area contributed by atoms with Crippen molar-refractivity contribution in [1.29, 1.82) is 0 Å². The fourth-order valence-electron chi connectivity index (χ4n) is 3.10. The van der Waals surface area contributed by atoms with Crippen LogP contribution in [0.15, 0.2) is 35.2 Å². The molecule has 1 heterocycles. The van der Waals surface area contributed by atoms with Crippen LogP contribution in [0.1, 0.15) is 27.7 Å². The molecule has 1 aliphatic rings. The van der Waals surface area contributed by atoms with E-state index >= 15 is 0 Å². The fourth-order valence-corrected chi connectivity index (χ4v) is 11.8. The molecule has 0 spiro atoms. The second-order valence-electron chi connectivity index (χ2n) is 7.20. The molecule has 10 heteroatoms. The van der Waals surface area contributed by atoms with E-state index in [1.54, 1.807) is 34.0 Å². The third kappa shape index (κ3) is 5.57. The first-order chi connectivity index (χ1) is 13.6. The molecule has 1 saturated heterocycles. The lowest BCUT2D eigenvalue weighted by Crippen LogP contribution is -2.58. The number of ether oxygens (including phenoxy) is 1. The molecule has 0 amide bonds. The second kappa shape index (κ2) is 10.7. The first kappa shape index (κ1) is 25.6. The molecule has 166 valence electrons. The normalized spacial score (nSPS) is 30.8. The molecule has 2 rings (SSSR count). The molecule has 1 fully saturated rings. The molecular weight excluding hydrogens is 451 g/mol. The van der Waals surface area contributed by atoms with E-state index in [4.69, 9.17) is 13.8 Å². The topological polar surface area (TPSA) is 85.2 Å². The maximum absolute atomic E-state index is 14.2. The summed E-state index contributed by atoms with van der Waals surface area (Å²) in [4.78, 5) is 0.937. The van der Waals surface area contributed by atoms with Gasteiger partial charge in [0.15, 0.2) is 3.82 Å². The SMILES string of the molecule is CO[C@@H]1[C@@H](O)[C@@H](O)[C@H](Sc2ccccc2)S[C@]1(SC)P(=O)(OC(C)C)OC(C)C. The summed E-state index contributed by atoms with van der Waals surface area (Å²) >= 11 is 3.98. The van der Waals surface area contributed by atoms with Crippen LogP contribution < -0.4 is 0 Å². The Bertz CT molecular complexity index is 678. The smallest absolute Gasteiger partial charge is 0.359 e. The van der Waals surface area contributed by atoms with Crippen LogP contribution in [0.25, 0.3) is 0 Å². The third-order valence-electron chi connectivity index (χ3n) is 4.21. The van der Waals surface area contributed by atoms with Crippen molar-refractivity contribution in [2.24, 2.45) is 0 Å². The minimum absolute atomic E-state index is 0.356. The summed E-state index contributed by atoms with van der Waals surface area (Å²) in [6.45, 7) is 7.17.